The number of hydrogen-bond acceptors (Lipinski definition) is 1. The van der Waals surface area contributed by atoms with Crippen LogP contribution in [0, 0.1) is 0 Å². The first-order chi connectivity index (χ1) is 21.2. The number of halogens is 1. The molecule has 0 aliphatic rings. The van der Waals surface area contributed by atoms with Gasteiger partial charge in [-0.05, 0) is 79.2 Å². The summed E-state index contributed by atoms with van der Waals surface area (Å²) in [7, 11) is -1.82. The van der Waals surface area contributed by atoms with E-state index in [0.717, 1.165) is 13.0 Å². The molecule has 43 heavy (non-hydrogen) atoms. The van der Waals surface area contributed by atoms with Crippen molar-refractivity contribution in [2.45, 2.75) is 13.3 Å². The topological polar surface area (TPSA) is 12.0 Å². The summed E-state index contributed by atoms with van der Waals surface area (Å²) in [4.78, 5) is 0. The molecule has 0 atom stereocenters. The molecule has 1 N–H and O–H groups in total. The zero-order valence-corrected chi connectivity index (χ0v) is 27.1. The van der Waals surface area contributed by atoms with Crippen molar-refractivity contribution in [1.29, 1.82) is 0 Å². The zero-order valence-electron chi connectivity index (χ0n) is 24.5. The van der Waals surface area contributed by atoms with E-state index in [0.29, 0.717) is 0 Å². The van der Waals surface area contributed by atoms with E-state index in [9.17, 15) is 0 Å². The van der Waals surface area contributed by atoms with Crippen LogP contribution in [0.5, 0.6) is 0 Å². The molecule has 0 fully saturated rings. The van der Waals surface area contributed by atoms with Gasteiger partial charge in [0.05, 0.1) is 0 Å². The second-order valence-electron chi connectivity index (χ2n) is 10.2. The van der Waals surface area contributed by atoms with Gasteiger partial charge in [-0.15, -0.1) is 0 Å². The van der Waals surface area contributed by atoms with Crippen LogP contribution in [-0.4, -0.2) is 6.54 Å². The Hall–Kier alpha value is -3.57. The molecule has 0 radical (unpaired) electrons. The average Bonchev–Trinajstić information content (AvgIpc) is 3.11. The molecule has 1 nitrogen and oxygen atoms in total. The summed E-state index contributed by atoms with van der Waals surface area (Å²) in [5, 5.41) is 11.7. The Morgan fingerprint density at radius 3 is 0.860 bits per heavy atom. The summed E-state index contributed by atoms with van der Waals surface area (Å²) in [5.41, 5.74) is 0. The van der Waals surface area contributed by atoms with Gasteiger partial charge in [0, 0.05) is 6.54 Å². The van der Waals surface area contributed by atoms with Crippen LogP contribution in [0.3, 0.4) is 0 Å². The minimum atomic E-state index is -2.05. The van der Waals surface area contributed by atoms with Gasteiger partial charge in [0.15, 0.2) is 7.41 Å². The highest BCUT2D eigenvalue weighted by molar-refractivity contribution is 8.14. The lowest BCUT2D eigenvalue weighted by atomic mass is 10.4. The fourth-order valence-corrected chi connectivity index (χ4v) is 12.8. The third-order valence-corrected chi connectivity index (χ3v) is 16.1. The summed E-state index contributed by atoms with van der Waals surface area (Å²) in [5.74, 6) is 0. The summed E-state index contributed by atoms with van der Waals surface area (Å²) >= 11 is 7.23. The van der Waals surface area contributed by atoms with E-state index >= 15 is 0 Å². The molecule has 0 unspecified atom stereocenters. The molecule has 0 saturated carbocycles. The van der Waals surface area contributed by atoms with Crippen LogP contribution < -0.4 is 36.9 Å². The van der Waals surface area contributed by atoms with Crippen molar-refractivity contribution in [3.05, 3.63) is 182 Å². The van der Waals surface area contributed by atoms with Gasteiger partial charge < -0.3 is 0 Å². The smallest absolute Gasteiger partial charge is 0.178 e. The third-order valence-electron chi connectivity index (χ3n) is 7.37. The maximum atomic E-state index is 7.23. The van der Waals surface area contributed by atoms with Gasteiger partial charge in [-0.1, -0.05) is 116 Å². The fraction of sp³-hybridized carbons (Fsp3) is 0.0769. The molecule has 0 amide bonds. The van der Waals surface area contributed by atoms with E-state index in [4.69, 9.17) is 11.2 Å². The van der Waals surface area contributed by atoms with Crippen molar-refractivity contribution in [2.24, 2.45) is 0 Å². The number of rotatable bonds is 9. The lowest BCUT2D eigenvalue weighted by Gasteiger charge is -2.27. The van der Waals surface area contributed by atoms with E-state index < -0.39 is 14.0 Å². The fourth-order valence-electron chi connectivity index (χ4n) is 5.30. The number of hydrogen-bond donors (Lipinski definition) is 1. The first kappa shape index (κ1) is 30.9. The van der Waals surface area contributed by atoms with Crippen LogP contribution in [0.1, 0.15) is 13.3 Å². The molecule has 6 aromatic carbocycles. The second-order valence-corrected chi connectivity index (χ2v) is 17.6. The number of benzene rings is 6. The Labute approximate surface area is 263 Å². The molecule has 6 aromatic rings. The van der Waals surface area contributed by atoms with E-state index in [2.05, 4.69) is 176 Å². The Kier molecular flexibility index (Phi) is 10.9. The summed E-state index contributed by atoms with van der Waals surface area (Å²) in [6.07, 6.45) is 1.12. The maximum absolute atomic E-state index is 7.23. The van der Waals surface area contributed by atoms with Gasteiger partial charge in [-0.2, -0.15) is 5.09 Å². The quantitative estimate of drug-likeness (QED) is 0.162. The normalized spacial score (nSPS) is 11.3. The van der Waals surface area contributed by atoms with E-state index in [1.54, 1.807) is 0 Å². The average molecular weight is 618 g/mol. The first-order valence-corrected chi connectivity index (χ1v) is 19.2. The molecule has 0 aliphatic heterocycles. The van der Waals surface area contributed by atoms with Crippen molar-refractivity contribution in [3.8, 4) is 0 Å². The lowest BCUT2D eigenvalue weighted by Crippen LogP contribution is -2.40. The van der Waals surface area contributed by atoms with Crippen molar-refractivity contribution >= 4 is 57.1 Å². The second kappa shape index (κ2) is 15.2. The minimum absolute atomic E-state index is 1.01. The highest BCUT2D eigenvalue weighted by Crippen LogP contribution is 2.60. The van der Waals surface area contributed by atoms with Crippen molar-refractivity contribution in [1.82, 2.24) is 5.09 Å². The Morgan fingerprint density at radius 2 is 0.628 bits per heavy atom. The molecule has 0 spiro atoms. The van der Waals surface area contributed by atoms with E-state index in [-0.39, 0.29) is 0 Å². The Balaban J connectivity index is 0.000000173. The monoisotopic (exact) mass is 617 g/mol. The standard InChI is InChI=1S/C21H23NP.C18H15ClP/c1-2-18-22-23(19-12-6-3-7-13-19,20-14-8-4-9-15-20)21-16-10-5-11-17-21;19-20(16-10-4-1-5-11-16,17-12-6-2-7-13-17)18-14-8-3-9-15-18/h3-17,22H,2,18H2,1H3;1-15H/q2*+1. The molecule has 214 valence electrons. The van der Waals surface area contributed by atoms with Crippen molar-refractivity contribution in [3.63, 3.8) is 0 Å². The molecule has 0 bridgehead atoms. The SMILES string of the molecule is CCCN[P+](c1ccccc1)(c1ccccc1)c1ccccc1.Cl[P+](c1ccccc1)(c1ccccc1)c1ccccc1. The summed E-state index contributed by atoms with van der Waals surface area (Å²) < 4.78 is 0. The van der Waals surface area contributed by atoms with Crippen LogP contribution in [0.15, 0.2) is 182 Å². The van der Waals surface area contributed by atoms with Crippen LogP contribution in [-0.2, 0) is 0 Å². The van der Waals surface area contributed by atoms with Gasteiger partial charge in [-0.3, -0.25) is 0 Å². The maximum Gasteiger partial charge on any atom is 0.210 e. The van der Waals surface area contributed by atoms with Gasteiger partial charge in [-0.25, -0.2) is 0 Å². The molecule has 4 heteroatoms. The van der Waals surface area contributed by atoms with Crippen molar-refractivity contribution in [2.75, 3.05) is 6.54 Å². The molecule has 0 aliphatic carbocycles. The van der Waals surface area contributed by atoms with Crippen LogP contribution >= 0.6 is 25.3 Å². The lowest BCUT2D eigenvalue weighted by molar-refractivity contribution is 0.868. The van der Waals surface area contributed by atoms with Gasteiger partial charge in [0.2, 0.25) is 6.62 Å². The minimum Gasteiger partial charge on any atom is -0.178 e. The Morgan fingerprint density at radius 1 is 0.395 bits per heavy atom. The highest BCUT2D eigenvalue weighted by Gasteiger charge is 2.45. The third kappa shape index (κ3) is 6.99. The zero-order chi connectivity index (χ0) is 29.8. The summed E-state index contributed by atoms with van der Waals surface area (Å²) in [6, 6.07) is 63.9. The predicted molar refractivity (Wildman–Crippen MR) is 194 cm³/mol. The largest absolute Gasteiger partial charge is 0.210 e. The van der Waals surface area contributed by atoms with E-state index in [1.807, 2.05) is 18.2 Å². The molecular formula is C39H38ClNP2+2. The van der Waals surface area contributed by atoms with Crippen LogP contribution in [0.4, 0.5) is 0 Å². The van der Waals surface area contributed by atoms with Crippen LogP contribution in [0.25, 0.3) is 0 Å². The molecule has 0 saturated heterocycles. The molecule has 0 heterocycles. The first-order valence-electron chi connectivity index (χ1n) is 14.8. The Bertz CT molecular complexity index is 1440. The molecule has 0 aromatic heterocycles. The van der Waals surface area contributed by atoms with Gasteiger partial charge in [0.25, 0.3) is 0 Å². The molecule has 6 rings (SSSR count). The summed E-state index contributed by atoms with van der Waals surface area (Å²) in [6.45, 7) is 1.18. The highest BCUT2D eigenvalue weighted by atomic mass is 35.7. The predicted octanol–water partition coefficient (Wildman–Crippen LogP) is 8.03. The van der Waals surface area contributed by atoms with Gasteiger partial charge in [0.1, 0.15) is 43.1 Å². The van der Waals surface area contributed by atoms with Crippen LogP contribution in [0.2, 0.25) is 0 Å². The van der Waals surface area contributed by atoms with Gasteiger partial charge >= 0.3 is 0 Å². The number of nitrogens with one attached hydrogen (secondary N) is 1. The van der Waals surface area contributed by atoms with Crippen molar-refractivity contribution < 1.29 is 0 Å². The molecular weight excluding hydrogens is 580 g/mol. The van der Waals surface area contributed by atoms with E-state index in [1.165, 1.54) is 31.8 Å².